The maximum atomic E-state index is 10.7. The molecule has 1 aromatic heterocycles. The monoisotopic (exact) mass is 226 g/mol. The molecule has 6 heteroatoms. The van der Waals surface area contributed by atoms with E-state index in [2.05, 4.69) is 17.3 Å². The number of nitrogens with zero attached hydrogens (tertiary/aromatic N) is 2. The molecule has 0 saturated carbocycles. The molecule has 1 amide bonds. The fourth-order valence-corrected chi connectivity index (χ4v) is 1.38. The molecule has 6 nitrogen and oxygen atoms in total. The van der Waals surface area contributed by atoms with Gasteiger partial charge >= 0.3 is 0 Å². The molecule has 0 spiro atoms. The number of carbonyl (C=O) groups is 1. The van der Waals surface area contributed by atoms with Gasteiger partial charge in [-0.2, -0.15) is 5.10 Å². The second-order valence-electron chi connectivity index (χ2n) is 3.60. The van der Waals surface area contributed by atoms with Gasteiger partial charge in [-0.25, -0.2) is 0 Å². The zero-order chi connectivity index (χ0) is 12.0. The molecule has 1 heterocycles. The standard InChI is InChI=1S/C10H18N4O2/c1-3-8(7-16-2)13-9-4-12-14(5-9)6-10(11)15/h4-5,8,13H,3,6-7H2,1-2H3,(H2,11,15). The van der Waals surface area contributed by atoms with Crippen LogP contribution in [0.4, 0.5) is 5.69 Å². The first-order chi connectivity index (χ1) is 7.65. The van der Waals surface area contributed by atoms with Gasteiger partial charge in [0.25, 0.3) is 0 Å². The molecule has 0 aliphatic heterocycles. The summed E-state index contributed by atoms with van der Waals surface area (Å²) in [5, 5.41) is 7.28. The minimum absolute atomic E-state index is 0.0999. The van der Waals surface area contributed by atoms with E-state index in [-0.39, 0.29) is 12.6 Å². The quantitative estimate of drug-likeness (QED) is 0.696. The number of methoxy groups -OCH3 is 1. The van der Waals surface area contributed by atoms with Gasteiger partial charge in [0, 0.05) is 19.3 Å². The van der Waals surface area contributed by atoms with Crippen LogP contribution in [0.3, 0.4) is 0 Å². The topological polar surface area (TPSA) is 82.2 Å². The van der Waals surface area contributed by atoms with Gasteiger partial charge in [0.1, 0.15) is 6.54 Å². The molecule has 0 aliphatic rings. The Bertz CT molecular complexity index is 337. The average Bonchev–Trinajstić information content (AvgIpc) is 2.64. The fourth-order valence-electron chi connectivity index (χ4n) is 1.38. The SMILES string of the molecule is CCC(COC)Nc1cnn(CC(N)=O)c1. The molecule has 0 aliphatic carbocycles. The van der Waals surface area contributed by atoms with E-state index >= 15 is 0 Å². The summed E-state index contributed by atoms with van der Waals surface area (Å²) >= 11 is 0. The van der Waals surface area contributed by atoms with Crippen molar-refractivity contribution >= 4 is 11.6 Å². The maximum Gasteiger partial charge on any atom is 0.239 e. The van der Waals surface area contributed by atoms with E-state index in [1.165, 1.54) is 4.68 Å². The molecule has 1 rings (SSSR count). The lowest BCUT2D eigenvalue weighted by atomic mass is 10.2. The summed E-state index contributed by atoms with van der Waals surface area (Å²) in [6.45, 7) is 2.81. The smallest absolute Gasteiger partial charge is 0.239 e. The summed E-state index contributed by atoms with van der Waals surface area (Å²) in [7, 11) is 1.67. The van der Waals surface area contributed by atoms with E-state index in [0.29, 0.717) is 6.61 Å². The number of hydrogen-bond acceptors (Lipinski definition) is 4. The van der Waals surface area contributed by atoms with Gasteiger partial charge in [0.2, 0.25) is 5.91 Å². The number of aromatic nitrogens is 2. The zero-order valence-electron chi connectivity index (χ0n) is 9.64. The molecule has 90 valence electrons. The summed E-state index contributed by atoms with van der Waals surface area (Å²) < 4.78 is 6.58. The number of nitrogens with one attached hydrogen (secondary N) is 1. The third-order valence-electron chi connectivity index (χ3n) is 2.18. The van der Waals surface area contributed by atoms with E-state index in [1.807, 2.05) is 0 Å². The Hall–Kier alpha value is -1.56. The Labute approximate surface area is 94.8 Å². The van der Waals surface area contributed by atoms with E-state index in [1.54, 1.807) is 19.5 Å². The summed E-state index contributed by atoms with van der Waals surface area (Å²) in [5.74, 6) is -0.404. The highest BCUT2D eigenvalue weighted by molar-refractivity contribution is 5.73. The Morgan fingerprint density at radius 3 is 3.06 bits per heavy atom. The number of amides is 1. The van der Waals surface area contributed by atoms with Crippen LogP contribution in [-0.2, 0) is 16.1 Å². The third kappa shape index (κ3) is 3.90. The number of hydrogen-bond donors (Lipinski definition) is 2. The van der Waals surface area contributed by atoms with Crippen molar-refractivity contribution in [2.45, 2.75) is 25.9 Å². The predicted octanol–water partition coefficient (Wildman–Crippen LogP) is 0.205. The number of carbonyl (C=O) groups excluding carboxylic acids is 1. The van der Waals surface area contributed by atoms with Crippen LogP contribution in [0.5, 0.6) is 0 Å². The van der Waals surface area contributed by atoms with Crippen molar-refractivity contribution in [3.8, 4) is 0 Å². The normalized spacial score (nSPS) is 12.4. The first kappa shape index (κ1) is 12.5. The molecular formula is C10H18N4O2. The van der Waals surface area contributed by atoms with Crippen molar-refractivity contribution in [3.05, 3.63) is 12.4 Å². The minimum atomic E-state index is -0.404. The van der Waals surface area contributed by atoms with E-state index in [9.17, 15) is 4.79 Å². The van der Waals surface area contributed by atoms with Gasteiger partial charge in [-0.1, -0.05) is 6.92 Å². The Balaban J connectivity index is 2.53. The van der Waals surface area contributed by atoms with Crippen LogP contribution in [0.1, 0.15) is 13.3 Å². The van der Waals surface area contributed by atoms with Crippen LogP contribution in [0.15, 0.2) is 12.4 Å². The molecule has 16 heavy (non-hydrogen) atoms. The molecule has 0 aromatic carbocycles. The molecule has 0 bridgehead atoms. The lowest BCUT2D eigenvalue weighted by Crippen LogP contribution is -2.23. The molecule has 0 fully saturated rings. The van der Waals surface area contributed by atoms with Crippen LogP contribution in [0.2, 0.25) is 0 Å². The lowest BCUT2D eigenvalue weighted by Gasteiger charge is -2.15. The van der Waals surface area contributed by atoms with Gasteiger partial charge in [0.15, 0.2) is 0 Å². The van der Waals surface area contributed by atoms with Crippen LogP contribution in [-0.4, -0.2) is 35.4 Å². The summed E-state index contributed by atoms with van der Waals surface area (Å²) in [4.78, 5) is 10.7. The zero-order valence-corrected chi connectivity index (χ0v) is 9.64. The van der Waals surface area contributed by atoms with Gasteiger partial charge in [0.05, 0.1) is 18.5 Å². The molecular weight excluding hydrogens is 208 g/mol. The molecule has 1 atom stereocenters. The maximum absolute atomic E-state index is 10.7. The summed E-state index contributed by atoms with van der Waals surface area (Å²) in [6.07, 6.45) is 4.37. The van der Waals surface area contributed by atoms with Crippen molar-refractivity contribution in [3.63, 3.8) is 0 Å². The number of anilines is 1. The predicted molar refractivity (Wildman–Crippen MR) is 61.0 cm³/mol. The third-order valence-corrected chi connectivity index (χ3v) is 2.18. The van der Waals surface area contributed by atoms with Crippen LogP contribution < -0.4 is 11.1 Å². The van der Waals surface area contributed by atoms with Gasteiger partial charge < -0.3 is 15.8 Å². The van der Waals surface area contributed by atoms with Crippen molar-refractivity contribution in [1.82, 2.24) is 9.78 Å². The minimum Gasteiger partial charge on any atom is -0.383 e. The van der Waals surface area contributed by atoms with Gasteiger partial charge in [-0.15, -0.1) is 0 Å². The molecule has 3 N–H and O–H groups in total. The summed E-state index contributed by atoms with van der Waals surface area (Å²) in [6, 6.07) is 0.247. The highest BCUT2D eigenvalue weighted by atomic mass is 16.5. The van der Waals surface area contributed by atoms with E-state index in [0.717, 1.165) is 12.1 Å². The number of rotatable bonds is 7. The molecule has 1 unspecified atom stereocenters. The number of ether oxygens (including phenoxy) is 1. The van der Waals surface area contributed by atoms with Crippen molar-refractivity contribution in [2.75, 3.05) is 19.0 Å². The highest BCUT2D eigenvalue weighted by Gasteiger charge is 2.07. The Morgan fingerprint density at radius 2 is 2.50 bits per heavy atom. The van der Waals surface area contributed by atoms with Crippen LogP contribution >= 0.6 is 0 Å². The average molecular weight is 226 g/mol. The Morgan fingerprint density at radius 1 is 1.75 bits per heavy atom. The molecule has 1 aromatic rings. The van der Waals surface area contributed by atoms with Crippen molar-refractivity contribution < 1.29 is 9.53 Å². The van der Waals surface area contributed by atoms with Gasteiger partial charge in [-0.05, 0) is 6.42 Å². The molecule has 0 saturated heterocycles. The Kier molecular flexibility index (Phi) is 4.78. The van der Waals surface area contributed by atoms with E-state index < -0.39 is 5.91 Å². The highest BCUT2D eigenvalue weighted by Crippen LogP contribution is 2.08. The second-order valence-corrected chi connectivity index (χ2v) is 3.60. The van der Waals surface area contributed by atoms with Gasteiger partial charge in [-0.3, -0.25) is 9.48 Å². The molecule has 0 radical (unpaired) electrons. The lowest BCUT2D eigenvalue weighted by molar-refractivity contribution is -0.118. The summed E-state index contributed by atoms with van der Waals surface area (Å²) in [5.41, 5.74) is 5.93. The van der Waals surface area contributed by atoms with Crippen LogP contribution in [0.25, 0.3) is 0 Å². The fraction of sp³-hybridized carbons (Fsp3) is 0.600. The number of primary amides is 1. The second kappa shape index (κ2) is 6.12. The first-order valence-corrected chi connectivity index (χ1v) is 5.22. The van der Waals surface area contributed by atoms with Crippen LogP contribution in [0, 0.1) is 0 Å². The number of nitrogens with two attached hydrogens (primary N) is 1. The van der Waals surface area contributed by atoms with Crippen molar-refractivity contribution in [2.24, 2.45) is 5.73 Å². The van der Waals surface area contributed by atoms with E-state index in [4.69, 9.17) is 10.5 Å². The first-order valence-electron chi connectivity index (χ1n) is 5.22. The van der Waals surface area contributed by atoms with Crippen molar-refractivity contribution in [1.29, 1.82) is 0 Å². The largest absolute Gasteiger partial charge is 0.383 e.